The second-order valence-corrected chi connectivity index (χ2v) is 5.75. The molecule has 0 spiro atoms. The number of rotatable bonds is 4. The molecule has 1 aliphatic heterocycles. The highest BCUT2D eigenvalue weighted by Crippen LogP contribution is 2.28. The minimum absolute atomic E-state index is 0.342. The van der Waals surface area contributed by atoms with Gasteiger partial charge in [0.15, 0.2) is 0 Å². The lowest BCUT2D eigenvalue weighted by molar-refractivity contribution is 0.386. The van der Waals surface area contributed by atoms with Crippen LogP contribution in [0.15, 0.2) is 24.3 Å². The van der Waals surface area contributed by atoms with Crippen LogP contribution in [0.25, 0.3) is 0 Å². The van der Waals surface area contributed by atoms with Crippen LogP contribution in [-0.4, -0.2) is 17.5 Å². The van der Waals surface area contributed by atoms with Crippen molar-refractivity contribution < 1.29 is 0 Å². The molecule has 2 atom stereocenters. The van der Waals surface area contributed by atoms with Gasteiger partial charge in [0, 0.05) is 11.1 Å². The molecule has 1 aliphatic rings. The Hall–Kier alpha value is -0.220. The number of hydrogen-bond acceptors (Lipinski definition) is 3. The van der Waals surface area contributed by atoms with E-state index in [-0.39, 0.29) is 0 Å². The average molecular weight is 257 g/mol. The molecule has 1 fully saturated rings. The fraction of sp³-hybridized carbons (Fsp3) is 0.500. The van der Waals surface area contributed by atoms with Gasteiger partial charge >= 0.3 is 0 Å². The molecule has 0 saturated carbocycles. The predicted molar refractivity (Wildman–Crippen MR) is 71.7 cm³/mol. The van der Waals surface area contributed by atoms with E-state index in [0.29, 0.717) is 12.0 Å². The van der Waals surface area contributed by atoms with Gasteiger partial charge in [0.05, 0.1) is 0 Å². The second-order valence-electron chi connectivity index (χ2n) is 4.19. The zero-order valence-corrected chi connectivity index (χ0v) is 10.7. The largest absolute Gasteiger partial charge is 0.271 e. The van der Waals surface area contributed by atoms with Gasteiger partial charge in [-0.15, -0.1) is 0 Å². The summed E-state index contributed by atoms with van der Waals surface area (Å²) in [5.74, 6) is 8.78. The number of halogens is 1. The van der Waals surface area contributed by atoms with E-state index in [1.165, 1.54) is 23.5 Å². The summed E-state index contributed by atoms with van der Waals surface area (Å²) in [4.78, 5) is 0. The Kier molecular flexibility index (Phi) is 4.53. The van der Waals surface area contributed by atoms with Crippen molar-refractivity contribution in [2.75, 3.05) is 11.5 Å². The van der Waals surface area contributed by atoms with Crippen LogP contribution in [0.2, 0.25) is 5.02 Å². The Labute approximate surface area is 106 Å². The van der Waals surface area contributed by atoms with Gasteiger partial charge in [-0.05, 0) is 41.9 Å². The van der Waals surface area contributed by atoms with Crippen LogP contribution in [0, 0.1) is 5.92 Å². The van der Waals surface area contributed by atoms with Crippen LogP contribution < -0.4 is 11.3 Å². The number of hydrogen-bond donors (Lipinski definition) is 2. The third kappa shape index (κ3) is 2.92. The Morgan fingerprint density at radius 1 is 1.50 bits per heavy atom. The van der Waals surface area contributed by atoms with Crippen LogP contribution >= 0.6 is 23.4 Å². The summed E-state index contributed by atoms with van der Waals surface area (Å²) in [7, 11) is 0. The molecule has 2 nitrogen and oxygen atoms in total. The van der Waals surface area contributed by atoms with E-state index in [1.807, 2.05) is 30.0 Å². The van der Waals surface area contributed by atoms with Gasteiger partial charge in [0.25, 0.3) is 0 Å². The minimum atomic E-state index is 0.342. The molecule has 0 aromatic heterocycles. The first-order valence-corrected chi connectivity index (χ1v) is 7.12. The molecule has 2 unspecified atom stereocenters. The summed E-state index contributed by atoms with van der Waals surface area (Å²) in [5, 5.41) is 0.841. The molecule has 1 aromatic carbocycles. The molecule has 0 aliphatic carbocycles. The van der Waals surface area contributed by atoms with E-state index in [4.69, 9.17) is 17.4 Å². The van der Waals surface area contributed by atoms with E-state index < -0.39 is 0 Å². The number of thioether (sulfide) groups is 1. The molecule has 1 aromatic rings. The van der Waals surface area contributed by atoms with Crippen molar-refractivity contribution in [3.8, 4) is 0 Å². The van der Waals surface area contributed by atoms with Crippen molar-refractivity contribution in [3.63, 3.8) is 0 Å². The predicted octanol–water partition coefficient (Wildman–Crippen LogP) is 2.47. The topological polar surface area (TPSA) is 38.0 Å². The third-order valence-electron chi connectivity index (χ3n) is 3.15. The van der Waals surface area contributed by atoms with Crippen LogP contribution in [0.1, 0.15) is 12.0 Å². The summed E-state index contributed by atoms with van der Waals surface area (Å²) < 4.78 is 0. The van der Waals surface area contributed by atoms with E-state index in [9.17, 15) is 0 Å². The highest BCUT2D eigenvalue weighted by molar-refractivity contribution is 7.99. The molecule has 0 bridgehead atoms. The summed E-state index contributed by atoms with van der Waals surface area (Å²) in [6.07, 6.45) is 2.17. The van der Waals surface area contributed by atoms with Gasteiger partial charge in [0.2, 0.25) is 0 Å². The molecule has 1 saturated heterocycles. The Balaban J connectivity index is 2.03. The Morgan fingerprint density at radius 2 is 2.31 bits per heavy atom. The van der Waals surface area contributed by atoms with Gasteiger partial charge in [0.1, 0.15) is 0 Å². The Bertz CT molecular complexity index is 340. The number of hydrazine groups is 1. The molecule has 0 radical (unpaired) electrons. The lowest BCUT2D eigenvalue weighted by atomic mass is 9.93. The van der Waals surface area contributed by atoms with Crippen LogP contribution in [0.5, 0.6) is 0 Å². The average Bonchev–Trinajstić information content (AvgIpc) is 2.81. The third-order valence-corrected chi connectivity index (χ3v) is 4.70. The van der Waals surface area contributed by atoms with E-state index in [2.05, 4.69) is 11.5 Å². The lowest BCUT2D eigenvalue weighted by Crippen LogP contribution is -2.42. The summed E-state index contributed by atoms with van der Waals surface area (Å²) in [6.45, 7) is 0. The number of nitrogens with two attached hydrogens (primary N) is 1. The van der Waals surface area contributed by atoms with Crippen molar-refractivity contribution in [3.05, 3.63) is 34.9 Å². The molecule has 88 valence electrons. The minimum Gasteiger partial charge on any atom is -0.271 e. The van der Waals surface area contributed by atoms with Gasteiger partial charge in [-0.25, -0.2) is 0 Å². The maximum Gasteiger partial charge on any atom is 0.0438 e. The first kappa shape index (κ1) is 12.2. The van der Waals surface area contributed by atoms with Gasteiger partial charge in [-0.2, -0.15) is 11.8 Å². The van der Waals surface area contributed by atoms with Crippen molar-refractivity contribution in [2.45, 2.75) is 18.9 Å². The first-order chi connectivity index (χ1) is 7.81. The van der Waals surface area contributed by atoms with Gasteiger partial charge < -0.3 is 0 Å². The number of benzene rings is 1. The first-order valence-electron chi connectivity index (χ1n) is 5.58. The number of nitrogens with one attached hydrogen (secondary N) is 1. The monoisotopic (exact) mass is 256 g/mol. The molecule has 4 heteroatoms. The quantitative estimate of drug-likeness (QED) is 0.642. The molecule has 0 amide bonds. The summed E-state index contributed by atoms with van der Waals surface area (Å²) in [6, 6.07) is 8.35. The maximum atomic E-state index is 6.16. The molecular formula is C12H17ClN2S. The van der Waals surface area contributed by atoms with Crippen LogP contribution in [0.4, 0.5) is 0 Å². The summed E-state index contributed by atoms with van der Waals surface area (Å²) in [5.41, 5.74) is 4.13. The fourth-order valence-electron chi connectivity index (χ4n) is 2.13. The van der Waals surface area contributed by atoms with Crippen molar-refractivity contribution >= 4 is 23.4 Å². The molecular weight excluding hydrogens is 240 g/mol. The normalized spacial score (nSPS) is 22.2. The Morgan fingerprint density at radius 3 is 2.94 bits per heavy atom. The fourth-order valence-corrected chi connectivity index (χ4v) is 3.68. The molecule has 3 N–H and O–H groups in total. The molecule has 1 heterocycles. The van der Waals surface area contributed by atoms with Crippen molar-refractivity contribution in [1.29, 1.82) is 0 Å². The molecule has 2 rings (SSSR count). The lowest BCUT2D eigenvalue weighted by Gasteiger charge is -2.22. The van der Waals surface area contributed by atoms with E-state index in [0.717, 1.165) is 11.4 Å². The van der Waals surface area contributed by atoms with Crippen molar-refractivity contribution in [1.82, 2.24) is 5.43 Å². The van der Waals surface area contributed by atoms with Gasteiger partial charge in [-0.1, -0.05) is 29.8 Å². The highest BCUT2D eigenvalue weighted by Gasteiger charge is 2.25. The maximum absolute atomic E-state index is 6.16. The SMILES string of the molecule is NNC(Cc1ccccc1Cl)C1CCSC1. The highest BCUT2D eigenvalue weighted by atomic mass is 35.5. The van der Waals surface area contributed by atoms with Gasteiger partial charge in [-0.3, -0.25) is 11.3 Å². The summed E-state index contributed by atoms with van der Waals surface area (Å²) >= 11 is 8.17. The van der Waals surface area contributed by atoms with E-state index >= 15 is 0 Å². The van der Waals surface area contributed by atoms with E-state index in [1.54, 1.807) is 0 Å². The smallest absolute Gasteiger partial charge is 0.0438 e. The standard InChI is InChI=1S/C12H17ClN2S/c13-11-4-2-1-3-9(11)7-12(15-14)10-5-6-16-8-10/h1-4,10,12,15H,5-8,14H2. The van der Waals surface area contributed by atoms with Crippen molar-refractivity contribution in [2.24, 2.45) is 11.8 Å². The zero-order valence-electron chi connectivity index (χ0n) is 9.16. The molecule has 16 heavy (non-hydrogen) atoms. The zero-order chi connectivity index (χ0) is 11.4. The second kappa shape index (κ2) is 5.92. The van der Waals surface area contributed by atoms with Crippen LogP contribution in [0.3, 0.4) is 0 Å². The van der Waals surface area contributed by atoms with Crippen LogP contribution in [-0.2, 0) is 6.42 Å².